The minimum atomic E-state index is -0.142. The van der Waals surface area contributed by atoms with Crippen LogP contribution in [0.1, 0.15) is 39.5 Å². The van der Waals surface area contributed by atoms with Gasteiger partial charge >= 0.3 is 0 Å². The molecular weight excluding hydrogens is 160 g/mol. The fourth-order valence-corrected chi connectivity index (χ4v) is 2.56. The maximum Gasteiger partial charge on any atom is 0.143 e. The van der Waals surface area contributed by atoms with Crippen molar-refractivity contribution in [3.8, 4) is 0 Å². The highest BCUT2D eigenvalue weighted by molar-refractivity contribution is 5.90. The molecule has 0 fully saturated rings. The molecule has 0 saturated carbocycles. The van der Waals surface area contributed by atoms with Crippen LogP contribution in [-0.2, 0) is 4.79 Å². The molecule has 0 aliphatic heterocycles. The Balaban J connectivity index is 2.48. The predicted octanol–water partition coefficient (Wildman–Crippen LogP) is 3.02. The van der Waals surface area contributed by atoms with Crippen LogP contribution < -0.4 is 0 Å². The molecule has 0 saturated heterocycles. The molecule has 0 spiro atoms. The Hall–Kier alpha value is -0.850. The number of fused-ring (bicyclic) bond motifs is 1. The van der Waals surface area contributed by atoms with E-state index in [-0.39, 0.29) is 5.41 Å². The minimum absolute atomic E-state index is 0.142. The fourth-order valence-electron chi connectivity index (χ4n) is 2.56. The SMILES string of the molecule is CC1=CCC[C@]2(C)C(=O)CCC=C12. The van der Waals surface area contributed by atoms with E-state index in [1.54, 1.807) is 0 Å². The van der Waals surface area contributed by atoms with Crippen LogP contribution in [0.15, 0.2) is 23.3 Å². The van der Waals surface area contributed by atoms with E-state index in [1.165, 1.54) is 11.1 Å². The first-order valence-corrected chi connectivity index (χ1v) is 5.06. The van der Waals surface area contributed by atoms with Crippen molar-refractivity contribution < 1.29 is 4.79 Å². The fraction of sp³-hybridized carbons (Fsp3) is 0.583. The summed E-state index contributed by atoms with van der Waals surface area (Å²) < 4.78 is 0. The Labute approximate surface area is 79.5 Å². The molecule has 1 atom stereocenters. The van der Waals surface area contributed by atoms with Gasteiger partial charge in [-0.15, -0.1) is 0 Å². The summed E-state index contributed by atoms with van der Waals surface area (Å²) in [5.74, 6) is 0.442. The molecule has 2 rings (SSSR count). The third kappa shape index (κ3) is 1.18. The summed E-state index contributed by atoms with van der Waals surface area (Å²) in [7, 11) is 0. The molecule has 0 aromatic heterocycles. The lowest BCUT2D eigenvalue weighted by Gasteiger charge is -2.37. The van der Waals surface area contributed by atoms with Crippen molar-refractivity contribution in [2.24, 2.45) is 5.41 Å². The molecular formula is C12H16O. The van der Waals surface area contributed by atoms with E-state index in [4.69, 9.17) is 0 Å². The first-order chi connectivity index (χ1) is 6.14. The van der Waals surface area contributed by atoms with E-state index in [0.29, 0.717) is 5.78 Å². The normalized spacial score (nSPS) is 33.5. The highest BCUT2D eigenvalue weighted by atomic mass is 16.1. The summed E-state index contributed by atoms with van der Waals surface area (Å²) in [6.45, 7) is 4.23. The van der Waals surface area contributed by atoms with Crippen molar-refractivity contribution >= 4 is 5.78 Å². The van der Waals surface area contributed by atoms with Crippen LogP contribution in [0.2, 0.25) is 0 Å². The van der Waals surface area contributed by atoms with Gasteiger partial charge in [-0.25, -0.2) is 0 Å². The van der Waals surface area contributed by atoms with Gasteiger partial charge in [0.2, 0.25) is 0 Å². The molecule has 2 aliphatic carbocycles. The topological polar surface area (TPSA) is 17.1 Å². The Morgan fingerprint density at radius 3 is 2.77 bits per heavy atom. The zero-order valence-electron chi connectivity index (χ0n) is 8.39. The van der Waals surface area contributed by atoms with Crippen molar-refractivity contribution in [1.29, 1.82) is 0 Å². The molecule has 0 N–H and O–H groups in total. The smallest absolute Gasteiger partial charge is 0.143 e. The molecule has 0 amide bonds. The van der Waals surface area contributed by atoms with Crippen LogP contribution in [0, 0.1) is 5.41 Å². The van der Waals surface area contributed by atoms with E-state index in [2.05, 4.69) is 26.0 Å². The van der Waals surface area contributed by atoms with Gasteiger partial charge in [0.1, 0.15) is 5.78 Å². The molecule has 0 unspecified atom stereocenters. The van der Waals surface area contributed by atoms with Gasteiger partial charge in [-0.2, -0.15) is 0 Å². The number of Topliss-reactive ketones (excluding diaryl/α,β-unsaturated/α-hetero) is 1. The molecule has 0 aromatic carbocycles. The van der Waals surface area contributed by atoms with E-state index in [0.717, 1.165) is 25.7 Å². The lowest BCUT2D eigenvalue weighted by Crippen LogP contribution is -2.34. The molecule has 0 heterocycles. The summed E-state index contributed by atoms with van der Waals surface area (Å²) in [6, 6.07) is 0. The second kappa shape index (κ2) is 2.83. The van der Waals surface area contributed by atoms with E-state index < -0.39 is 0 Å². The van der Waals surface area contributed by atoms with E-state index in [9.17, 15) is 4.79 Å². The monoisotopic (exact) mass is 176 g/mol. The van der Waals surface area contributed by atoms with Crippen LogP contribution in [-0.4, -0.2) is 5.78 Å². The molecule has 13 heavy (non-hydrogen) atoms. The molecule has 0 aromatic rings. The zero-order valence-corrected chi connectivity index (χ0v) is 8.39. The van der Waals surface area contributed by atoms with Gasteiger partial charge < -0.3 is 0 Å². The maximum absolute atomic E-state index is 11.8. The number of ketones is 1. The third-order valence-electron chi connectivity index (χ3n) is 3.45. The van der Waals surface area contributed by atoms with Crippen LogP contribution >= 0.6 is 0 Å². The lowest BCUT2D eigenvalue weighted by molar-refractivity contribution is -0.126. The van der Waals surface area contributed by atoms with E-state index >= 15 is 0 Å². The van der Waals surface area contributed by atoms with Crippen LogP contribution in [0.5, 0.6) is 0 Å². The number of rotatable bonds is 0. The predicted molar refractivity (Wildman–Crippen MR) is 53.4 cm³/mol. The first kappa shape index (κ1) is 8.74. The standard InChI is InChI=1S/C12H16O/c1-9-5-4-8-12(2)10(9)6-3-7-11(12)13/h5-6H,3-4,7-8H2,1-2H3/t12-/m0/s1. The van der Waals surface area contributed by atoms with Gasteiger partial charge in [-0.1, -0.05) is 17.7 Å². The first-order valence-electron chi connectivity index (χ1n) is 5.06. The second-order valence-electron chi connectivity index (χ2n) is 4.34. The maximum atomic E-state index is 11.8. The Bertz CT molecular complexity index is 309. The van der Waals surface area contributed by atoms with Gasteiger partial charge in [0, 0.05) is 6.42 Å². The molecule has 0 bridgehead atoms. The third-order valence-corrected chi connectivity index (χ3v) is 3.45. The largest absolute Gasteiger partial charge is 0.299 e. The van der Waals surface area contributed by atoms with Crippen molar-refractivity contribution in [1.82, 2.24) is 0 Å². The Kier molecular flexibility index (Phi) is 1.90. The van der Waals surface area contributed by atoms with Gasteiger partial charge in [0.25, 0.3) is 0 Å². The quantitative estimate of drug-likeness (QED) is 0.554. The summed E-state index contributed by atoms with van der Waals surface area (Å²) in [4.78, 5) is 11.8. The molecule has 0 radical (unpaired) electrons. The van der Waals surface area contributed by atoms with Crippen molar-refractivity contribution in [3.63, 3.8) is 0 Å². The van der Waals surface area contributed by atoms with Gasteiger partial charge in [0.05, 0.1) is 5.41 Å². The summed E-state index contributed by atoms with van der Waals surface area (Å²) in [5.41, 5.74) is 2.48. The highest BCUT2D eigenvalue weighted by Crippen LogP contribution is 2.44. The van der Waals surface area contributed by atoms with Crippen molar-refractivity contribution in [2.75, 3.05) is 0 Å². The van der Waals surface area contributed by atoms with Gasteiger partial charge in [-0.05, 0) is 38.7 Å². The number of allylic oxidation sites excluding steroid dienone is 4. The average molecular weight is 176 g/mol. The lowest BCUT2D eigenvalue weighted by atomic mass is 9.65. The minimum Gasteiger partial charge on any atom is -0.299 e. The second-order valence-corrected chi connectivity index (χ2v) is 4.34. The zero-order chi connectivity index (χ0) is 9.47. The van der Waals surface area contributed by atoms with Gasteiger partial charge in [0.15, 0.2) is 0 Å². The number of carbonyl (C=O) groups is 1. The Morgan fingerprint density at radius 2 is 2.08 bits per heavy atom. The summed E-state index contributed by atoms with van der Waals surface area (Å²) in [6.07, 6.45) is 8.27. The Morgan fingerprint density at radius 1 is 1.31 bits per heavy atom. The summed E-state index contributed by atoms with van der Waals surface area (Å²) in [5, 5.41) is 0. The van der Waals surface area contributed by atoms with Crippen LogP contribution in [0.4, 0.5) is 0 Å². The van der Waals surface area contributed by atoms with Crippen molar-refractivity contribution in [2.45, 2.75) is 39.5 Å². The highest BCUT2D eigenvalue weighted by Gasteiger charge is 2.39. The van der Waals surface area contributed by atoms with Crippen LogP contribution in [0.3, 0.4) is 0 Å². The van der Waals surface area contributed by atoms with Gasteiger partial charge in [-0.3, -0.25) is 4.79 Å². The number of hydrogen-bond donors (Lipinski definition) is 0. The average Bonchev–Trinajstić information content (AvgIpc) is 2.08. The van der Waals surface area contributed by atoms with E-state index in [1.807, 2.05) is 0 Å². The number of carbonyl (C=O) groups excluding carboxylic acids is 1. The molecule has 70 valence electrons. The number of hydrogen-bond acceptors (Lipinski definition) is 1. The van der Waals surface area contributed by atoms with Crippen molar-refractivity contribution in [3.05, 3.63) is 23.3 Å². The molecule has 1 nitrogen and oxygen atoms in total. The molecule has 1 heteroatoms. The van der Waals surface area contributed by atoms with Crippen LogP contribution in [0.25, 0.3) is 0 Å². The molecule has 2 aliphatic rings. The summed E-state index contributed by atoms with van der Waals surface area (Å²) >= 11 is 0.